The third-order valence-corrected chi connectivity index (χ3v) is 5.99. The average molecular weight is 390 g/mol. The van der Waals surface area contributed by atoms with E-state index in [9.17, 15) is 4.79 Å². The van der Waals surface area contributed by atoms with E-state index in [0.717, 1.165) is 70.6 Å². The largest absolute Gasteiger partial charge is 0.497 e. The molecule has 2 heterocycles. The van der Waals surface area contributed by atoms with Crippen LogP contribution in [0.3, 0.4) is 0 Å². The number of ether oxygens (including phenoxy) is 2. The maximum absolute atomic E-state index is 12.8. The van der Waals surface area contributed by atoms with Gasteiger partial charge in [0.1, 0.15) is 5.75 Å². The lowest BCUT2D eigenvalue weighted by atomic mass is 10.0. The van der Waals surface area contributed by atoms with Crippen LogP contribution in [0.2, 0.25) is 0 Å². The van der Waals surface area contributed by atoms with Crippen molar-refractivity contribution in [1.29, 1.82) is 0 Å². The number of likely N-dealkylation sites (tertiary alicyclic amines) is 1. The Balaban J connectivity index is 1.44. The van der Waals surface area contributed by atoms with Gasteiger partial charge in [-0.3, -0.25) is 9.69 Å². The van der Waals surface area contributed by atoms with Gasteiger partial charge in [0.25, 0.3) is 0 Å². The number of aryl methyl sites for hydroxylation is 1. The van der Waals surface area contributed by atoms with Crippen LogP contribution in [-0.2, 0) is 16.0 Å². The Hall–Kier alpha value is -1.63. The quantitative estimate of drug-likeness (QED) is 0.697. The molecule has 0 radical (unpaired) electrons. The fraction of sp³-hybridized carbons (Fsp3) is 0.682. The van der Waals surface area contributed by atoms with Crippen LogP contribution in [0.25, 0.3) is 0 Å². The Labute approximate surface area is 168 Å². The van der Waals surface area contributed by atoms with E-state index >= 15 is 0 Å². The second-order valence-electron chi connectivity index (χ2n) is 8.07. The molecular formula is C22H35N3O3. The summed E-state index contributed by atoms with van der Waals surface area (Å²) in [5.41, 5.74) is 7.55. The van der Waals surface area contributed by atoms with Crippen LogP contribution in [0.1, 0.15) is 37.7 Å². The van der Waals surface area contributed by atoms with E-state index in [2.05, 4.69) is 22.3 Å². The Bertz CT molecular complexity index is 602. The van der Waals surface area contributed by atoms with Gasteiger partial charge in [-0.15, -0.1) is 0 Å². The van der Waals surface area contributed by atoms with Crippen molar-refractivity contribution in [2.24, 2.45) is 11.7 Å². The number of nitrogens with two attached hydrogens (primary N) is 1. The highest BCUT2D eigenvalue weighted by atomic mass is 16.5. The lowest BCUT2D eigenvalue weighted by Crippen LogP contribution is -2.47. The van der Waals surface area contributed by atoms with Gasteiger partial charge in [-0.05, 0) is 56.2 Å². The molecule has 0 saturated carbocycles. The fourth-order valence-corrected chi connectivity index (χ4v) is 4.26. The highest BCUT2D eigenvalue weighted by Crippen LogP contribution is 2.22. The summed E-state index contributed by atoms with van der Waals surface area (Å²) < 4.78 is 10.7. The van der Waals surface area contributed by atoms with Crippen LogP contribution < -0.4 is 15.8 Å². The summed E-state index contributed by atoms with van der Waals surface area (Å²) in [5, 5.41) is 3.16. The third-order valence-electron chi connectivity index (χ3n) is 5.99. The number of hydrogen-bond acceptors (Lipinski definition) is 5. The number of nitrogens with one attached hydrogen (secondary N) is 1. The van der Waals surface area contributed by atoms with Gasteiger partial charge in [0.15, 0.2) is 0 Å². The van der Waals surface area contributed by atoms with E-state index in [1.807, 2.05) is 12.1 Å². The van der Waals surface area contributed by atoms with Crippen molar-refractivity contribution in [3.8, 4) is 5.75 Å². The van der Waals surface area contributed by atoms with Gasteiger partial charge in [-0.1, -0.05) is 12.1 Å². The lowest BCUT2D eigenvalue weighted by Gasteiger charge is -2.35. The average Bonchev–Trinajstić information content (AvgIpc) is 2.94. The first kappa shape index (κ1) is 21.1. The van der Waals surface area contributed by atoms with Crippen LogP contribution in [0.15, 0.2) is 24.3 Å². The molecule has 3 N–H and O–H groups in total. The van der Waals surface area contributed by atoms with Gasteiger partial charge in [0.2, 0.25) is 5.91 Å². The molecule has 28 heavy (non-hydrogen) atoms. The molecule has 0 aliphatic carbocycles. The molecule has 2 atom stereocenters. The van der Waals surface area contributed by atoms with Crippen LogP contribution in [0.5, 0.6) is 5.75 Å². The van der Waals surface area contributed by atoms with Crippen molar-refractivity contribution in [3.05, 3.63) is 29.8 Å². The molecule has 0 unspecified atom stereocenters. The Morgan fingerprint density at radius 3 is 2.64 bits per heavy atom. The zero-order chi connectivity index (χ0) is 19.8. The number of rotatable bonds is 7. The summed E-state index contributed by atoms with van der Waals surface area (Å²) in [4.78, 5) is 15.2. The second kappa shape index (κ2) is 10.8. The fourth-order valence-electron chi connectivity index (χ4n) is 4.26. The summed E-state index contributed by atoms with van der Waals surface area (Å²) in [5.74, 6) is 1.09. The molecule has 2 aliphatic heterocycles. The first-order valence-corrected chi connectivity index (χ1v) is 10.6. The Kier molecular flexibility index (Phi) is 8.13. The highest BCUT2D eigenvalue weighted by molar-refractivity contribution is 5.78. The van der Waals surface area contributed by atoms with Crippen molar-refractivity contribution in [2.75, 3.05) is 40.0 Å². The predicted molar refractivity (Wildman–Crippen MR) is 110 cm³/mol. The zero-order valence-electron chi connectivity index (χ0n) is 17.1. The van der Waals surface area contributed by atoms with E-state index in [-0.39, 0.29) is 17.9 Å². The van der Waals surface area contributed by atoms with E-state index < -0.39 is 0 Å². The Morgan fingerprint density at radius 2 is 1.93 bits per heavy atom. The number of carbonyl (C=O) groups excluding carboxylic acids is 1. The standard InChI is InChI=1S/C22H35N3O3/c1-27-21-8-4-17(5-9-21)3-2-12-24-22(26)18-6-7-19(23)16-25(15-18)20-10-13-28-14-11-20/h4-5,8-9,18-20H,2-3,6-7,10-16,23H2,1H3,(H,24,26)/t18-,19+/m1/s1. The van der Waals surface area contributed by atoms with Crippen LogP contribution in [-0.4, -0.2) is 62.8 Å². The van der Waals surface area contributed by atoms with Gasteiger partial charge in [0, 0.05) is 44.9 Å². The number of benzene rings is 1. The molecule has 6 nitrogen and oxygen atoms in total. The minimum Gasteiger partial charge on any atom is -0.497 e. The smallest absolute Gasteiger partial charge is 0.224 e. The molecule has 6 heteroatoms. The van der Waals surface area contributed by atoms with Crippen LogP contribution in [0.4, 0.5) is 0 Å². The zero-order valence-corrected chi connectivity index (χ0v) is 17.1. The van der Waals surface area contributed by atoms with E-state index in [1.165, 1.54) is 5.56 Å². The summed E-state index contributed by atoms with van der Waals surface area (Å²) in [6.07, 6.45) is 5.78. The van der Waals surface area contributed by atoms with E-state index in [0.29, 0.717) is 12.6 Å². The maximum atomic E-state index is 12.8. The molecule has 3 rings (SSSR count). The first-order valence-electron chi connectivity index (χ1n) is 10.6. The van der Waals surface area contributed by atoms with Gasteiger partial charge in [0.05, 0.1) is 13.0 Å². The van der Waals surface area contributed by atoms with Crippen molar-refractivity contribution >= 4 is 5.91 Å². The molecule has 0 aromatic heterocycles. The summed E-state index contributed by atoms with van der Waals surface area (Å²) in [7, 11) is 1.67. The maximum Gasteiger partial charge on any atom is 0.224 e. The van der Waals surface area contributed by atoms with Crippen molar-refractivity contribution in [1.82, 2.24) is 10.2 Å². The molecule has 0 bridgehead atoms. The molecule has 156 valence electrons. The van der Waals surface area contributed by atoms with Crippen molar-refractivity contribution in [2.45, 2.75) is 50.6 Å². The molecule has 1 aromatic carbocycles. The van der Waals surface area contributed by atoms with Gasteiger partial charge >= 0.3 is 0 Å². The number of hydrogen-bond donors (Lipinski definition) is 2. The van der Waals surface area contributed by atoms with E-state index in [4.69, 9.17) is 15.2 Å². The second-order valence-corrected chi connectivity index (χ2v) is 8.07. The third kappa shape index (κ3) is 6.19. The summed E-state index contributed by atoms with van der Waals surface area (Å²) >= 11 is 0. The normalized spacial score (nSPS) is 24.5. The van der Waals surface area contributed by atoms with Crippen molar-refractivity contribution < 1.29 is 14.3 Å². The Morgan fingerprint density at radius 1 is 1.18 bits per heavy atom. The molecular weight excluding hydrogens is 354 g/mol. The molecule has 1 aromatic rings. The van der Waals surface area contributed by atoms with Crippen LogP contribution in [0, 0.1) is 5.92 Å². The topological polar surface area (TPSA) is 76.8 Å². The van der Waals surface area contributed by atoms with Gasteiger partial charge < -0.3 is 20.5 Å². The molecule has 2 aliphatic rings. The summed E-state index contributed by atoms with van der Waals surface area (Å²) in [6.45, 7) is 4.07. The van der Waals surface area contributed by atoms with E-state index in [1.54, 1.807) is 7.11 Å². The minimum atomic E-state index is 0.0392. The molecule has 0 spiro atoms. The van der Waals surface area contributed by atoms with Crippen LogP contribution >= 0.6 is 0 Å². The highest BCUT2D eigenvalue weighted by Gasteiger charge is 2.31. The SMILES string of the molecule is COc1ccc(CCCNC(=O)[C@@H]2CC[C@H](N)CN(C3CCOCC3)C2)cc1. The van der Waals surface area contributed by atoms with Gasteiger partial charge in [-0.2, -0.15) is 0 Å². The molecule has 2 fully saturated rings. The molecule has 1 amide bonds. The summed E-state index contributed by atoms with van der Waals surface area (Å²) in [6, 6.07) is 8.79. The number of nitrogens with zero attached hydrogens (tertiary/aromatic N) is 1. The van der Waals surface area contributed by atoms with Gasteiger partial charge in [-0.25, -0.2) is 0 Å². The van der Waals surface area contributed by atoms with Crippen molar-refractivity contribution in [3.63, 3.8) is 0 Å². The minimum absolute atomic E-state index is 0.0392. The molecule has 2 saturated heterocycles. The number of carbonyl (C=O) groups is 1. The lowest BCUT2D eigenvalue weighted by molar-refractivity contribution is -0.125. The first-order chi connectivity index (χ1) is 13.7. The number of methoxy groups -OCH3 is 1. The number of amides is 1. The predicted octanol–water partition coefficient (Wildman–Crippen LogP) is 1.96. The monoisotopic (exact) mass is 389 g/mol.